The number of halogens is 1. The molecule has 1 heterocycles. The summed E-state index contributed by atoms with van der Waals surface area (Å²) in [5.41, 5.74) is 7.06. The number of anilines is 1. The van der Waals surface area contributed by atoms with E-state index in [-0.39, 0.29) is 21.3 Å². The number of rotatable bonds is 4. The molecule has 6 nitrogen and oxygen atoms in total. The maximum atomic E-state index is 11.2. The van der Waals surface area contributed by atoms with Crippen LogP contribution in [0, 0.1) is 10.1 Å². The van der Waals surface area contributed by atoms with E-state index < -0.39 is 10.9 Å². The second-order valence-corrected chi connectivity index (χ2v) is 5.72. The highest BCUT2D eigenvalue weighted by molar-refractivity contribution is 7.18. The molecular weight excluding hydrogens is 316 g/mol. The first-order valence-corrected chi connectivity index (χ1v) is 7.14. The number of thiophene rings is 1. The fourth-order valence-electron chi connectivity index (χ4n) is 2.03. The lowest BCUT2D eigenvalue weighted by Crippen LogP contribution is -1.99. The maximum Gasteiger partial charge on any atom is 0.348 e. The molecule has 0 unspecified atom stereocenters. The summed E-state index contributed by atoms with van der Waals surface area (Å²) in [6.07, 6.45) is 0.519. The Morgan fingerprint density at radius 3 is 2.67 bits per heavy atom. The Balaban J connectivity index is 2.69. The summed E-state index contributed by atoms with van der Waals surface area (Å²) in [6, 6.07) is 4.16. The predicted molar refractivity (Wildman–Crippen MR) is 82.2 cm³/mol. The molecule has 2 aromatic rings. The molecule has 1 aromatic carbocycles. The smallest absolute Gasteiger partial charge is 0.348 e. The first kappa shape index (κ1) is 15.3. The van der Waals surface area contributed by atoms with Crippen LogP contribution < -0.4 is 5.73 Å². The van der Waals surface area contributed by atoms with Gasteiger partial charge in [-0.05, 0) is 18.1 Å². The number of carboxylic acids is 1. The van der Waals surface area contributed by atoms with E-state index in [1.165, 1.54) is 12.1 Å². The van der Waals surface area contributed by atoms with Gasteiger partial charge in [-0.25, -0.2) is 4.79 Å². The summed E-state index contributed by atoms with van der Waals surface area (Å²) in [5.74, 6) is -1.12. The Morgan fingerprint density at radius 2 is 2.14 bits per heavy atom. The number of hydrogen-bond acceptors (Lipinski definition) is 5. The number of aromatic carboxylic acids is 1. The molecule has 21 heavy (non-hydrogen) atoms. The van der Waals surface area contributed by atoms with Crippen LogP contribution in [0.15, 0.2) is 18.2 Å². The molecular formula is C13H11ClN2O4S. The van der Waals surface area contributed by atoms with Crippen molar-refractivity contribution in [2.45, 2.75) is 13.3 Å². The summed E-state index contributed by atoms with van der Waals surface area (Å²) in [5, 5.41) is 20.3. The Hall–Kier alpha value is -2.12. The van der Waals surface area contributed by atoms with E-state index in [0.29, 0.717) is 22.4 Å². The third-order valence-electron chi connectivity index (χ3n) is 2.95. The second-order valence-electron chi connectivity index (χ2n) is 4.27. The fourth-order valence-corrected chi connectivity index (χ4v) is 3.40. The van der Waals surface area contributed by atoms with Crippen molar-refractivity contribution in [3.8, 4) is 10.4 Å². The number of hydrogen-bond donors (Lipinski definition) is 2. The van der Waals surface area contributed by atoms with Gasteiger partial charge < -0.3 is 10.8 Å². The van der Waals surface area contributed by atoms with Gasteiger partial charge in [-0.1, -0.05) is 18.5 Å². The molecule has 0 saturated heterocycles. The number of nitro benzene ring substituents is 1. The molecule has 2 rings (SSSR count). The number of nitrogens with two attached hydrogens (primary N) is 1. The molecule has 110 valence electrons. The Bertz CT molecular complexity index is 742. The van der Waals surface area contributed by atoms with Gasteiger partial charge in [0.15, 0.2) is 0 Å². The summed E-state index contributed by atoms with van der Waals surface area (Å²) in [6.45, 7) is 1.84. The minimum Gasteiger partial charge on any atom is -0.477 e. The van der Waals surface area contributed by atoms with E-state index in [1.54, 1.807) is 6.07 Å². The van der Waals surface area contributed by atoms with Gasteiger partial charge in [0.05, 0.1) is 10.6 Å². The minimum absolute atomic E-state index is 0.0319. The van der Waals surface area contributed by atoms with E-state index in [0.717, 1.165) is 11.3 Å². The highest BCUT2D eigenvalue weighted by atomic mass is 35.5. The zero-order valence-electron chi connectivity index (χ0n) is 10.9. The molecule has 8 heteroatoms. The molecule has 1 aromatic heterocycles. The average molecular weight is 327 g/mol. The average Bonchev–Trinajstić information content (AvgIpc) is 2.75. The normalized spacial score (nSPS) is 10.6. The van der Waals surface area contributed by atoms with Crippen LogP contribution in [0.3, 0.4) is 0 Å². The summed E-state index contributed by atoms with van der Waals surface area (Å²) < 4.78 is 0. The molecule has 0 amide bonds. The van der Waals surface area contributed by atoms with E-state index in [2.05, 4.69) is 0 Å². The molecule has 0 aliphatic rings. The number of nitro groups is 1. The monoisotopic (exact) mass is 326 g/mol. The molecule has 0 bridgehead atoms. The minimum atomic E-state index is -1.12. The lowest BCUT2D eigenvalue weighted by Gasteiger charge is -2.04. The van der Waals surface area contributed by atoms with Crippen molar-refractivity contribution in [1.82, 2.24) is 0 Å². The zero-order chi connectivity index (χ0) is 15.7. The van der Waals surface area contributed by atoms with Crippen molar-refractivity contribution in [1.29, 1.82) is 0 Å². The lowest BCUT2D eigenvalue weighted by molar-refractivity contribution is -0.384. The molecule has 0 spiro atoms. The number of nitrogen functional groups attached to an aromatic ring is 1. The molecule has 0 saturated carbocycles. The van der Waals surface area contributed by atoms with Crippen LogP contribution in [0.5, 0.6) is 0 Å². The topological polar surface area (TPSA) is 106 Å². The zero-order valence-corrected chi connectivity index (χ0v) is 12.5. The Labute approximate surface area is 128 Å². The van der Waals surface area contributed by atoms with Gasteiger partial charge in [0.25, 0.3) is 5.69 Å². The van der Waals surface area contributed by atoms with Crippen LogP contribution in [0.1, 0.15) is 22.2 Å². The Kier molecular flexibility index (Phi) is 4.15. The van der Waals surface area contributed by atoms with Crippen molar-refractivity contribution >= 4 is 40.3 Å². The van der Waals surface area contributed by atoms with Gasteiger partial charge in [0.1, 0.15) is 4.88 Å². The van der Waals surface area contributed by atoms with Crippen molar-refractivity contribution in [2.24, 2.45) is 0 Å². The van der Waals surface area contributed by atoms with Gasteiger partial charge in [0.2, 0.25) is 0 Å². The largest absolute Gasteiger partial charge is 0.477 e. The molecule has 0 fully saturated rings. The third kappa shape index (κ3) is 2.84. The highest BCUT2D eigenvalue weighted by Gasteiger charge is 2.22. The van der Waals surface area contributed by atoms with Crippen molar-refractivity contribution in [2.75, 3.05) is 5.73 Å². The first-order chi connectivity index (χ1) is 9.85. The van der Waals surface area contributed by atoms with Crippen molar-refractivity contribution in [3.63, 3.8) is 0 Å². The van der Waals surface area contributed by atoms with E-state index in [9.17, 15) is 14.9 Å². The van der Waals surface area contributed by atoms with Gasteiger partial charge in [-0.3, -0.25) is 10.1 Å². The SMILES string of the molecule is CCc1c(-c2cc(Cl)cc([N+](=O)[O-])c2)sc(C(=O)O)c1N. The van der Waals surface area contributed by atoms with Crippen LogP contribution in [-0.4, -0.2) is 16.0 Å². The standard InChI is InChI=1S/C13H11ClN2O4S/c1-2-9-10(15)12(13(17)18)21-11(9)6-3-7(14)5-8(4-6)16(19)20/h3-5H,2,15H2,1H3,(H,17,18). The van der Waals surface area contributed by atoms with Gasteiger partial charge in [-0.15, -0.1) is 11.3 Å². The van der Waals surface area contributed by atoms with E-state index >= 15 is 0 Å². The second kappa shape index (κ2) is 5.71. The van der Waals surface area contributed by atoms with Crippen molar-refractivity contribution < 1.29 is 14.8 Å². The van der Waals surface area contributed by atoms with Crippen LogP contribution in [0.25, 0.3) is 10.4 Å². The fraction of sp³-hybridized carbons (Fsp3) is 0.154. The van der Waals surface area contributed by atoms with Crippen molar-refractivity contribution in [3.05, 3.63) is 43.8 Å². The molecule has 3 N–H and O–H groups in total. The quantitative estimate of drug-likeness (QED) is 0.656. The van der Waals surface area contributed by atoms with Crippen LogP contribution >= 0.6 is 22.9 Å². The lowest BCUT2D eigenvalue weighted by atomic mass is 10.1. The van der Waals surface area contributed by atoms with E-state index in [4.69, 9.17) is 22.4 Å². The summed E-state index contributed by atoms with van der Waals surface area (Å²) >= 11 is 6.90. The number of benzene rings is 1. The maximum absolute atomic E-state index is 11.2. The highest BCUT2D eigenvalue weighted by Crippen LogP contribution is 2.41. The van der Waals surface area contributed by atoms with Crippen LogP contribution in [0.4, 0.5) is 11.4 Å². The Morgan fingerprint density at radius 1 is 1.48 bits per heavy atom. The molecule has 0 radical (unpaired) electrons. The van der Waals surface area contributed by atoms with Gasteiger partial charge >= 0.3 is 5.97 Å². The van der Waals surface area contributed by atoms with Gasteiger partial charge in [-0.2, -0.15) is 0 Å². The number of carbonyl (C=O) groups is 1. The third-order valence-corrected chi connectivity index (χ3v) is 4.45. The van der Waals surface area contributed by atoms with Crippen LogP contribution in [-0.2, 0) is 6.42 Å². The van der Waals surface area contributed by atoms with Crippen LogP contribution in [0.2, 0.25) is 5.02 Å². The number of carboxylic acid groups (broad SMARTS) is 1. The summed E-state index contributed by atoms with van der Waals surface area (Å²) in [4.78, 5) is 22.2. The molecule has 0 aliphatic carbocycles. The van der Waals surface area contributed by atoms with E-state index in [1.807, 2.05) is 6.92 Å². The summed E-state index contributed by atoms with van der Waals surface area (Å²) in [7, 11) is 0. The number of nitrogens with zero attached hydrogens (tertiary/aromatic N) is 1. The number of non-ortho nitro benzene ring substituents is 1. The molecule has 0 atom stereocenters. The molecule has 0 aliphatic heterocycles. The first-order valence-electron chi connectivity index (χ1n) is 5.95. The predicted octanol–water partition coefficient (Wildman–Crippen LogP) is 3.82. The van der Waals surface area contributed by atoms with Gasteiger partial charge in [0, 0.05) is 27.6 Å².